The minimum absolute atomic E-state index is 0.0313. The molecule has 0 aliphatic heterocycles. The molecule has 0 aromatic heterocycles. The van der Waals surface area contributed by atoms with E-state index in [2.05, 4.69) is 0 Å². The fourth-order valence-electron chi connectivity index (χ4n) is 2.00. The van der Waals surface area contributed by atoms with E-state index < -0.39 is 11.9 Å². The molecule has 2 aromatic rings. The van der Waals surface area contributed by atoms with Crippen LogP contribution >= 0.6 is 0 Å². The maximum Gasteiger partial charge on any atom is 0.328 e. The van der Waals surface area contributed by atoms with Gasteiger partial charge in [-0.05, 0) is 35.4 Å². The average Bonchev–Trinajstić information content (AvgIpc) is 2.57. The molecule has 0 saturated heterocycles. The summed E-state index contributed by atoms with van der Waals surface area (Å²) in [5, 5.41) is 15.6. The molecule has 0 unspecified atom stereocenters. The standard InChI is InChI=1S/C14H13F2N.C4H4O4/c15-12-5-1-10(2-6-12)14(9-17)11-3-7-13(16)8-4-11;5-3(6)1-2-4(7)8/h1-8,14H,9,17H2;1-2H,(H,5,6)(H,7,8)/b;2-1-. The Kier molecular flexibility index (Phi) is 7.95. The van der Waals surface area contributed by atoms with E-state index in [4.69, 9.17) is 15.9 Å². The Labute approximate surface area is 143 Å². The molecule has 7 heteroatoms. The number of rotatable bonds is 5. The summed E-state index contributed by atoms with van der Waals surface area (Å²) >= 11 is 0. The van der Waals surface area contributed by atoms with Gasteiger partial charge in [-0.1, -0.05) is 24.3 Å². The molecule has 132 valence electrons. The number of benzene rings is 2. The third-order valence-electron chi connectivity index (χ3n) is 3.15. The lowest BCUT2D eigenvalue weighted by Crippen LogP contribution is -2.13. The van der Waals surface area contributed by atoms with Crippen LogP contribution in [0.2, 0.25) is 0 Å². The number of nitrogens with two attached hydrogens (primary N) is 1. The van der Waals surface area contributed by atoms with Gasteiger partial charge in [-0.25, -0.2) is 18.4 Å². The Bertz CT molecular complexity index is 666. The van der Waals surface area contributed by atoms with Crippen LogP contribution in [0.15, 0.2) is 60.7 Å². The predicted molar refractivity (Wildman–Crippen MR) is 88.1 cm³/mol. The highest BCUT2D eigenvalue weighted by molar-refractivity contribution is 5.89. The van der Waals surface area contributed by atoms with E-state index in [9.17, 15) is 18.4 Å². The first-order valence-electron chi connectivity index (χ1n) is 7.18. The predicted octanol–water partition coefficient (Wildman–Crippen LogP) is 2.77. The highest BCUT2D eigenvalue weighted by Crippen LogP contribution is 2.23. The first kappa shape index (κ1) is 20.0. The zero-order chi connectivity index (χ0) is 18.8. The van der Waals surface area contributed by atoms with Gasteiger partial charge in [0, 0.05) is 24.6 Å². The molecule has 0 amide bonds. The molecule has 0 bridgehead atoms. The van der Waals surface area contributed by atoms with Gasteiger partial charge in [0.2, 0.25) is 0 Å². The van der Waals surface area contributed by atoms with Crippen LogP contribution in [0.5, 0.6) is 0 Å². The quantitative estimate of drug-likeness (QED) is 0.721. The lowest BCUT2D eigenvalue weighted by Gasteiger charge is -2.15. The summed E-state index contributed by atoms with van der Waals surface area (Å²) in [4.78, 5) is 19.1. The first-order chi connectivity index (χ1) is 11.8. The number of hydrogen-bond donors (Lipinski definition) is 3. The Morgan fingerprint density at radius 2 is 1.16 bits per heavy atom. The van der Waals surface area contributed by atoms with Crippen LogP contribution in [0.3, 0.4) is 0 Å². The van der Waals surface area contributed by atoms with Crippen LogP contribution < -0.4 is 5.73 Å². The second-order valence-electron chi connectivity index (χ2n) is 4.90. The van der Waals surface area contributed by atoms with Gasteiger partial charge >= 0.3 is 11.9 Å². The normalized spacial score (nSPS) is 10.4. The van der Waals surface area contributed by atoms with E-state index in [1.807, 2.05) is 0 Å². The summed E-state index contributed by atoms with van der Waals surface area (Å²) in [5.41, 5.74) is 7.59. The molecule has 25 heavy (non-hydrogen) atoms. The maximum absolute atomic E-state index is 12.8. The summed E-state index contributed by atoms with van der Waals surface area (Å²) in [6, 6.07) is 12.4. The summed E-state index contributed by atoms with van der Waals surface area (Å²) in [7, 11) is 0. The molecular weight excluding hydrogens is 332 g/mol. The van der Waals surface area contributed by atoms with Crippen molar-refractivity contribution >= 4 is 11.9 Å². The zero-order valence-electron chi connectivity index (χ0n) is 13.1. The third kappa shape index (κ3) is 7.36. The molecule has 2 rings (SSSR count). The number of carboxylic acids is 2. The summed E-state index contributed by atoms with van der Waals surface area (Å²) < 4.78 is 25.7. The van der Waals surface area contributed by atoms with Crippen molar-refractivity contribution in [2.75, 3.05) is 6.54 Å². The van der Waals surface area contributed by atoms with Crippen molar-refractivity contribution in [3.8, 4) is 0 Å². The summed E-state index contributed by atoms with van der Waals surface area (Å²) in [6.07, 6.45) is 1.12. The van der Waals surface area contributed by atoms with Crippen LogP contribution in [0.1, 0.15) is 17.0 Å². The van der Waals surface area contributed by atoms with Gasteiger partial charge in [0.15, 0.2) is 0 Å². The molecule has 4 N–H and O–H groups in total. The van der Waals surface area contributed by atoms with Crippen LogP contribution in [0.25, 0.3) is 0 Å². The third-order valence-corrected chi connectivity index (χ3v) is 3.15. The number of hydrogen-bond acceptors (Lipinski definition) is 3. The van der Waals surface area contributed by atoms with Crippen molar-refractivity contribution in [3.63, 3.8) is 0 Å². The molecular formula is C18H17F2NO4. The second kappa shape index (κ2) is 9.94. The molecule has 0 aliphatic rings. The van der Waals surface area contributed by atoms with E-state index in [1.54, 1.807) is 24.3 Å². The summed E-state index contributed by atoms with van der Waals surface area (Å²) in [5.74, 6) is -3.09. The number of aliphatic carboxylic acids is 2. The van der Waals surface area contributed by atoms with Crippen molar-refractivity contribution in [2.24, 2.45) is 5.73 Å². The minimum Gasteiger partial charge on any atom is -0.478 e. The van der Waals surface area contributed by atoms with Crippen molar-refractivity contribution in [3.05, 3.63) is 83.4 Å². The van der Waals surface area contributed by atoms with Gasteiger partial charge in [-0.2, -0.15) is 0 Å². The number of carboxylic acid groups (broad SMARTS) is 2. The zero-order valence-corrected chi connectivity index (χ0v) is 13.1. The summed E-state index contributed by atoms with van der Waals surface area (Å²) in [6.45, 7) is 0.400. The van der Waals surface area contributed by atoms with Crippen LogP contribution in [-0.4, -0.2) is 28.7 Å². The van der Waals surface area contributed by atoms with E-state index in [0.29, 0.717) is 18.7 Å². The SMILES string of the molecule is NCC(c1ccc(F)cc1)c1ccc(F)cc1.O=C(O)/C=C\C(=O)O. The van der Waals surface area contributed by atoms with Crippen molar-refractivity contribution < 1.29 is 28.6 Å². The molecule has 5 nitrogen and oxygen atoms in total. The highest BCUT2D eigenvalue weighted by atomic mass is 19.1. The van der Waals surface area contributed by atoms with Gasteiger partial charge in [0.25, 0.3) is 0 Å². The van der Waals surface area contributed by atoms with Gasteiger partial charge in [-0.3, -0.25) is 0 Å². The van der Waals surface area contributed by atoms with Crippen molar-refractivity contribution in [2.45, 2.75) is 5.92 Å². The highest BCUT2D eigenvalue weighted by Gasteiger charge is 2.12. The fraction of sp³-hybridized carbons (Fsp3) is 0.111. The van der Waals surface area contributed by atoms with Crippen molar-refractivity contribution in [1.29, 1.82) is 0 Å². The van der Waals surface area contributed by atoms with E-state index >= 15 is 0 Å². The van der Waals surface area contributed by atoms with Gasteiger partial charge in [0.1, 0.15) is 11.6 Å². The van der Waals surface area contributed by atoms with Gasteiger partial charge < -0.3 is 15.9 Å². The fourth-order valence-corrected chi connectivity index (χ4v) is 2.00. The molecule has 0 radical (unpaired) electrons. The largest absolute Gasteiger partial charge is 0.478 e. The van der Waals surface area contributed by atoms with E-state index in [0.717, 1.165) is 11.1 Å². The Hall–Kier alpha value is -3.06. The molecule has 0 aliphatic carbocycles. The van der Waals surface area contributed by atoms with Gasteiger partial charge in [0.05, 0.1) is 0 Å². The molecule has 0 fully saturated rings. The van der Waals surface area contributed by atoms with E-state index in [1.165, 1.54) is 24.3 Å². The molecule has 0 heterocycles. The van der Waals surface area contributed by atoms with Crippen LogP contribution in [0, 0.1) is 11.6 Å². The average molecular weight is 349 g/mol. The Morgan fingerprint density at radius 1 is 0.840 bits per heavy atom. The Balaban J connectivity index is 0.000000333. The van der Waals surface area contributed by atoms with Crippen LogP contribution in [0.4, 0.5) is 8.78 Å². The molecule has 0 saturated carbocycles. The Morgan fingerprint density at radius 3 is 1.40 bits per heavy atom. The molecule has 0 atom stereocenters. The molecule has 2 aromatic carbocycles. The minimum atomic E-state index is -1.26. The molecule has 0 spiro atoms. The van der Waals surface area contributed by atoms with Crippen LogP contribution in [-0.2, 0) is 9.59 Å². The number of halogens is 2. The smallest absolute Gasteiger partial charge is 0.328 e. The maximum atomic E-state index is 12.8. The number of carbonyl (C=O) groups is 2. The topological polar surface area (TPSA) is 101 Å². The van der Waals surface area contributed by atoms with E-state index in [-0.39, 0.29) is 17.6 Å². The first-order valence-corrected chi connectivity index (χ1v) is 7.18. The lowest BCUT2D eigenvalue weighted by atomic mass is 9.91. The van der Waals surface area contributed by atoms with Gasteiger partial charge in [-0.15, -0.1) is 0 Å². The lowest BCUT2D eigenvalue weighted by molar-refractivity contribution is -0.134. The second-order valence-corrected chi connectivity index (χ2v) is 4.90. The monoisotopic (exact) mass is 349 g/mol. The van der Waals surface area contributed by atoms with Crippen molar-refractivity contribution in [1.82, 2.24) is 0 Å².